The van der Waals surface area contributed by atoms with Crippen molar-refractivity contribution in [2.24, 2.45) is 0 Å². The van der Waals surface area contributed by atoms with E-state index in [0.717, 1.165) is 50.2 Å². The largest absolute Gasteiger partial charge is 0.512 e. The third-order valence-electron chi connectivity index (χ3n) is 7.43. The highest BCUT2D eigenvalue weighted by Gasteiger charge is 2.20. The average molecular weight is 497 g/mol. The average Bonchev–Trinajstić information content (AvgIpc) is 3.16. The summed E-state index contributed by atoms with van der Waals surface area (Å²) < 4.78 is 0. The zero-order chi connectivity index (χ0) is 26.0. The van der Waals surface area contributed by atoms with Crippen LogP contribution in [0.3, 0.4) is 0 Å². The fourth-order valence-electron chi connectivity index (χ4n) is 5.16. The number of amides is 1. The van der Waals surface area contributed by atoms with Crippen LogP contribution in [0.2, 0.25) is 0 Å². The summed E-state index contributed by atoms with van der Waals surface area (Å²) in [6, 6.07) is 18.6. The number of benzene rings is 2. The molecule has 4 heteroatoms. The highest BCUT2D eigenvalue weighted by Crippen LogP contribution is 2.28. The van der Waals surface area contributed by atoms with E-state index in [9.17, 15) is 9.90 Å². The number of aliphatic hydroxyl groups excluding tert-OH is 1. The summed E-state index contributed by atoms with van der Waals surface area (Å²) in [5, 5.41) is 12.8. The SMILES string of the molecule is CC/C(=C\C=C(\C)CN1CCC(c2ccccc2)CC1)NC(=O)c1ccc(C2=CC=C(O)CCC2)cc1. The lowest BCUT2D eigenvalue weighted by molar-refractivity contribution is 0.0964. The Morgan fingerprint density at radius 3 is 2.43 bits per heavy atom. The molecule has 2 N–H and O–H groups in total. The molecule has 4 rings (SSSR count). The molecule has 4 nitrogen and oxygen atoms in total. The second-order valence-corrected chi connectivity index (χ2v) is 10.3. The summed E-state index contributed by atoms with van der Waals surface area (Å²) in [7, 11) is 0. The number of nitrogens with zero attached hydrogens (tertiary/aromatic N) is 1. The smallest absolute Gasteiger partial charge is 0.255 e. The van der Waals surface area contributed by atoms with Gasteiger partial charge in [0.15, 0.2) is 0 Å². The fourth-order valence-corrected chi connectivity index (χ4v) is 5.16. The van der Waals surface area contributed by atoms with Gasteiger partial charge in [-0.25, -0.2) is 0 Å². The van der Waals surface area contributed by atoms with E-state index in [1.54, 1.807) is 6.08 Å². The Balaban J connectivity index is 1.29. The quantitative estimate of drug-likeness (QED) is 0.371. The van der Waals surface area contributed by atoms with Crippen molar-refractivity contribution < 1.29 is 9.90 Å². The van der Waals surface area contributed by atoms with Gasteiger partial charge < -0.3 is 10.4 Å². The van der Waals surface area contributed by atoms with E-state index in [2.05, 4.69) is 60.5 Å². The van der Waals surface area contributed by atoms with E-state index in [-0.39, 0.29) is 5.91 Å². The maximum absolute atomic E-state index is 12.9. The Bertz CT molecular complexity index is 1160. The monoisotopic (exact) mass is 496 g/mol. The molecule has 0 atom stereocenters. The van der Waals surface area contributed by atoms with Crippen LogP contribution in [0.1, 0.15) is 79.8 Å². The molecular formula is C33H40N2O2. The first-order chi connectivity index (χ1) is 18.0. The van der Waals surface area contributed by atoms with Gasteiger partial charge in [0.2, 0.25) is 0 Å². The van der Waals surface area contributed by atoms with Crippen LogP contribution in [0.4, 0.5) is 0 Å². The van der Waals surface area contributed by atoms with Crippen molar-refractivity contribution in [2.75, 3.05) is 19.6 Å². The molecule has 0 unspecified atom stereocenters. The van der Waals surface area contributed by atoms with Crippen LogP contribution >= 0.6 is 0 Å². The van der Waals surface area contributed by atoms with Gasteiger partial charge in [-0.1, -0.05) is 67.1 Å². The number of nitrogens with one attached hydrogen (secondary N) is 1. The zero-order valence-corrected chi connectivity index (χ0v) is 22.2. The molecule has 1 aliphatic heterocycles. The number of carbonyl (C=O) groups excluding carboxylic acids is 1. The molecule has 2 aliphatic rings. The molecule has 0 spiro atoms. The Kier molecular flexibility index (Phi) is 9.56. The van der Waals surface area contributed by atoms with Crippen molar-refractivity contribution in [3.8, 4) is 0 Å². The molecule has 1 amide bonds. The minimum absolute atomic E-state index is 0.0823. The Morgan fingerprint density at radius 1 is 1.00 bits per heavy atom. The van der Waals surface area contributed by atoms with E-state index in [1.807, 2.05) is 36.4 Å². The molecule has 1 fully saturated rings. The maximum atomic E-state index is 12.9. The van der Waals surface area contributed by atoms with Gasteiger partial charge in [0.1, 0.15) is 0 Å². The lowest BCUT2D eigenvalue weighted by Crippen LogP contribution is -2.34. The molecule has 2 aromatic rings. The first-order valence-electron chi connectivity index (χ1n) is 13.7. The topological polar surface area (TPSA) is 52.6 Å². The number of hydrogen-bond donors (Lipinski definition) is 2. The van der Waals surface area contributed by atoms with Gasteiger partial charge in [0.25, 0.3) is 5.91 Å². The third-order valence-corrected chi connectivity index (χ3v) is 7.43. The van der Waals surface area contributed by atoms with E-state index >= 15 is 0 Å². The van der Waals surface area contributed by atoms with Crippen molar-refractivity contribution in [3.05, 3.63) is 113 Å². The maximum Gasteiger partial charge on any atom is 0.255 e. The van der Waals surface area contributed by atoms with Crippen molar-refractivity contribution in [1.29, 1.82) is 0 Å². The number of allylic oxidation sites excluding steroid dienone is 7. The summed E-state index contributed by atoms with van der Waals surface area (Å²) in [6.07, 6.45) is 13.7. The molecular weight excluding hydrogens is 456 g/mol. The molecule has 1 aliphatic carbocycles. The second kappa shape index (κ2) is 13.3. The van der Waals surface area contributed by atoms with E-state index in [0.29, 0.717) is 23.7 Å². The van der Waals surface area contributed by atoms with Crippen molar-refractivity contribution in [3.63, 3.8) is 0 Å². The second-order valence-electron chi connectivity index (χ2n) is 10.3. The van der Waals surface area contributed by atoms with Gasteiger partial charge >= 0.3 is 0 Å². The van der Waals surface area contributed by atoms with Crippen LogP contribution in [-0.4, -0.2) is 35.5 Å². The van der Waals surface area contributed by atoms with Gasteiger partial charge in [-0.15, -0.1) is 0 Å². The van der Waals surface area contributed by atoms with E-state index < -0.39 is 0 Å². The fraction of sp³-hybridized carbons (Fsp3) is 0.364. The molecule has 0 saturated carbocycles. The first-order valence-corrected chi connectivity index (χ1v) is 13.7. The van der Waals surface area contributed by atoms with Crippen LogP contribution < -0.4 is 5.32 Å². The summed E-state index contributed by atoms with van der Waals surface area (Å²) in [6.45, 7) is 7.44. The lowest BCUT2D eigenvalue weighted by atomic mass is 9.89. The number of carbonyl (C=O) groups is 1. The number of aliphatic hydroxyl groups is 1. The summed E-state index contributed by atoms with van der Waals surface area (Å²) in [5.74, 6) is 1.02. The van der Waals surface area contributed by atoms with Gasteiger partial charge in [-0.3, -0.25) is 9.69 Å². The Labute approximate surface area is 222 Å². The standard InChI is InChI=1S/C33H40N2O2/c1-3-31(18-12-25(2)24-35-22-20-29(21-23-35)26-8-5-4-6-9-26)34-33(37)30-15-13-28(14-16-30)27-10-7-11-32(36)19-17-27/h4-6,8-9,12-19,29,36H,3,7,10-11,20-24H2,1-2H3,(H,34,37)/b25-12-,31-18+. The van der Waals surface area contributed by atoms with Crippen LogP contribution in [-0.2, 0) is 0 Å². The van der Waals surface area contributed by atoms with Gasteiger partial charge in [-0.2, -0.15) is 0 Å². The Morgan fingerprint density at radius 2 is 1.73 bits per heavy atom. The van der Waals surface area contributed by atoms with Crippen LogP contribution in [0, 0.1) is 0 Å². The lowest BCUT2D eigenvalue weighted by Gasteiger charge is -2.32. The summed E-state index contributed by atoms with van der Waals surface area (Å²) in [5.41, 5.74) is 6.63. The van der Waals surface area contributed by atoms with Crippen LogP contribution in [0.25, 0.3) is 5.57 Å². The molecule has 0 bridgehead atoms. The Hall–Kier alpha value is -3.37. The van der Waals surface area contributed by atoms with E-state index in [4.69, 9.17) is 0 Å². The zero-order valence-electron chi connectivity index (χ0n) is 22.2. The highest BCUT2D eigenvalue weighted by atomic mass is 16.3. The van der Waals surface area contributed by atoms with E-state index in [1.165, 1.54) is 29.6 Å². The van der Waals surface area contributed by atoms with Gasteiger partial charge in [0.05, 0.1) is 5.76 Å². The van der Waals surface area contributed by atoms with Crippen molar-refractivity contribution in [2.45, 2.75) is 58.3 Å². The van der Waals surface area contributed by atoms with Crippen molar-refractivity contribution in [1.82, 2.24) is 10.2 Å². The molecule has 194 valence electrons. The van der Waals surface area contributed by atoms with Gasteiger partial charge in [-0.05, 0) is 99.0 Å². The first kappa shape index (κ1) is 26.7. The molecule has 0 aromatic heterocycles. The van der Waals surface area contributed by atoms with Crippen LogP contribution in [0.5, 0.6) is 0 Å². The number of rotatable bonds is 8. The molecule has 1 heterocycles. The highest BCUT2D eigenvalue weighted by molar-refractivity contribution is 5.95. The van der Waals surface area contributed by atoms with Crippen LogP contribution in [0.15, 0.2) is 95.9 Å². The molecule has 2 aromatic carbocycles. The minimum atomic E-state index is -0.0823. The summed E-state index contributed by atoms with van der Waals surface area (Å²) in [4.78, 5) is 15.4. The molecule has 0 radical (unpaired) electrons. The number of hydrogen-bond acceptors (Lipinski definition) is 3. The number of likely N-dealkylation sites (tertiary alicyclic amines) is 1. The number of piperidine rings is 1. The normalized spacial score (nSPS) is 18.1. The predicted molar refractivity (Wildman–Crippen MR) is 153 cm³/mol. The van der Waals surface area contributed by atoms with Crippen molar-refractivity contribution >= 4 is 11.5 Å². The molecule has 1 saturated heterocycles. The summed E-state index contributed by atoms with van der Waals surface area (Å²) >= 11 is 0. The molecule has 37 heavy (non-hydrogen) atoms. The van der Waals surface area contributed by atoms with Gasteiger partial charge in [0, 0.05) is 24.2 Å². The minimum Gasteiger partial charge on any atom is -0.512 e. The predicted octanol–water partition coefficient (Wildman–Crippen LogP) is 7.55. The third kappa shape index (κ3) is 7.80.